The topological polar surface area (TPSA) is 42.0 Å². The maximum atomic E-state index is 12.5. The van der Waals surface area contributed by atoms with Gasteiger partial charge in [-0.05, 0) is 31.7 Å². The normalized spacial score (nSPS) is 19.3. The van der Waals surface area contributed by atoms with Crippen LogP contribution in [-0.2, 0) is 0 Å². The highest BCUT2D eigenvalue weighted by molar-refractivity contribution is 5.99. The minimum Gasteiger partial charge on any atom is -0.454 e. The van der Waals surface area contributed by atoms with E-state index in [-0.39, 0.29) is 12.6 Å². The minimum atomic E-state index is 0.158. The number of hydrogen-bond acceptors (Lipinski definition) is 5. The fourth-order valence-corrected chi connectivity index (χ4v) is 2.64. The second-order valence-corrected chi connectivity index (χ2v) is 5.52. The first-order valence-electron chi connectivity index (χ1n) is 6.98. The third-order valence-corrected chi connectivity index (χ3v) is 3.98. The molecule has 0 aromatic heterocycles. The number of carbonyl (C=O) groups excluding carboxylic acids is 1. The van der Waals surface area contributed by atoms with Crippen molar-refractivity contribution < 1.29 is 14.3 Å². The van der Waals surface area contributed by atoms with Crippen molar-refractivity contribution in [3.05, 3.63) is 23.3 Å². The zero-order valence-electron chi connectivity index (χ0n) is 12.0. The first kappa shape index (κ1) is 13.4. The zero-order chi connectivity index (χ0) is 14.1. The third-order valence-electron chi connectivity index (χ3n) is 3.98. The quantitative estimate of drug-likeness (QED) is 0.775. The van der Waals surface area contributed by atoms with Crippen molar-refractivity contribution in [1.29, 1.82) is 0 Å². The van der Waals surface area contributed by atoms with Crippen LogP contribution in [0.1, 0.15) is 15.9 Å². The van der Waals surface area contributed by atoms with Gasteiger partial charge in [0.2, 0.25) is 6.79 Å². The summed E-state index contributed by atoms with van der Waals surface area (Å²) in [4.78, 5) is 17.0. The van der Waals surface area contributed by atoms with E-state index in [9.17, 15) is 4.79 Å². The van der Waals surface area contributed by atoms with Gasteiger partial charge in [-0.3, -0.25) is 9.69 Å². The minimum absolute atomic E-state index is 0.158. The zero-order valence-corrected chi connectivity index (χ0v) is 12.0. The van der Waals surface area contributed by atoms with E-state index in [2.05, 4.69) is 16.8 Å². The molecule has 1 saturated heterocycles. The number of rotatable bonds is 3. The predicted octanol–water partition coefficient (Wildman–Crippen LogP) is 1.15. The lowest BCUT2D eigenvalue weighted by Gasteiger charge is -2.31. The van der Waals surface area contributed by atoms with Crippen molar-refractivity contribution in [3.8, 4) is 11.5 Å². The number of piperazine rings is 1. The number of hydrogen-bond donors (Lipinski definition) is 0. The molecule has 0 saturated carbocycles. The van der Waals surface area contributed by atoms with Gasteiger partial charge in [0, 0.05) is 31.7 Å². The molecule has 2 aliphatic rings. The van der Waals surface area contributed by atoms with Crippen molar-refractivity contribution >= 4 is 5.78 Å². The molecule has 2 aliphatic heterocycles. The average Bonchev–Trinajstić information content (AvgIpc) is 2.87. The number of likely N-dealkylation sites (N-methyl/N-ethyl adjacent to an activating group) is 1. The lowest BCUT2D eigenvalue weighted by molar-refractivity contribution is 0.0875. The van der Waals surface area contributed by atoms with Crippen molar-refractivity contribution in [2.75, 3.05) is 46.6 Å². The molecule has 0 radical (unpaired) electrons. The Morgan fingerprint density at radius 2 is 1.80 bits per heavy atom. The van der Waals surface area contributed by atoms with Crippen LogP contribution < -0.4 is 9.47 Å². The molecule has 0 aliphatic carbocycles. The van der Waals surface area contributed by atoms with Crippen LogP contribution in [0, 0.1) is 6.92 Å². The van der Waals surface area contributed by atoms with Crippen LogP contribution in [0.2, 0.25) is 0 Å². The maximum Gasteiger partial charge on any atom is 0.231 e. The summed E-state index contributed by atoms with van der Waals surface area (Å²) in [6, 6.07) is 3.70. The first-order valence-corrected chi connectivity index (χ1v) is 6.98. The molecule has 0 unspecified atom stereocenters. The molecular weight excluding hydrogens is 256 g/mol. The number of ketones is 1. The highest BCUT2D eigenvalue weighted by atomic mass is 16.7. The number of benzene rings is 1. The van der Waals surface area contributed by atoms with Gasteiger partial charge < -0.3 is 14.4 Å². The summed E-state index contributed by atoms with van der Waals surface area (Å²) in [5, 5.41) is 0. The highest BCUT2D eigenvalue weighted by Crippen LogP contribution is 2.34. The second kappa shape index (κ2) is 5.42. The van der Waals surface area contributed by atoms with E-state index in [0.717, 1.165) is 43.1 Å². The summed E-state index contributed by atoms with van der Waals surface area (Å²) in [6.07, 6.45) is 0. The second-order valence-electron chi connectivity index (χ2n) is 5.52. The fraction of sp³-hybridized carbons (Fsp3) is 0.533. The molecule has 0 N–H and O–H groups in total. The first-order chi connectivity index (χ1) is 9.63. The Kier molecular flexibility index (Phi) is 3.63. The predicted molar refractivity (Wildman–Crippen MR) is 75.6 cm³/mol. The summed E-state index contributed by atoms with van der Waals surface area (Å²) in [5.41, 5.74) is 1.70. The number of aryl methyl sites for hydroxylation is 1. The van der Waals surface area contributed by atoms with E-state index in [1.165, 1.54) is 0 Å². The van der Waals surface area contributed by atoms with Crippen LogP contribution in [0.4, 0.5) is 0 Å². The number of nitrogens with zero attached hydrogens (tertiary/aromatic N) is 2. The molecule has 2 heterocycles. The van der Waals surface area contributed by atoms with Gasteiger partial charge in [-0.15, -0.1) is 0 Å². The largest absolute Gasteiger partial charge is 0.454 e. The van der Waals surface area contributed by atoms with E-state index in [0.29, 0.717) is 12.3 Å². The molecule has 5 heteroatoms. The van der Waals surface area contributed by atoms with E-state index in [1.807, 2.05) is 19.1 Å². The van der Waals surface area contributed by atoms with Crippen LogP contribution in [-0.4, -0.2) is 62.1 Å². The molecule has 0 spiro atoms. The number of ether oxygens (including phenoxy) is 2. The Morgan fingerprint density at radius 3 is 2.50 bits per heavy atom. The van der Waals surface area contributed by atoms with Crippen molar-refractivity contribution in [1.82, 2.24) is 9.80 Å². The number of fused-ring (bicyclic) bond motifs is 1. The van der Waals surface area contributed by atoms with Gasteiger partial charge in [-0.25, -0.2) is 0 Å². The van der Waals surface area contributed by atoms with Crippen LogP contribution in [0.5, 0.6) is 11.5 Å². The average molecular weight is 276 g/mol. The van der Waals surface area contributed by atoms with Gasteiger partial charge in [0.1, 0.15) is 0 Å². The van der Waals surface area contributed by atoms with Crippen LogP contribution in [0.25, 0.3) is 0 Å². The van der Waals surface area contributed by atoms with Crippen molar-refractivity contribution in [2.45, 2.75) is 6.92 Å². The molecule has 0 bridgehead atoms. The highest BCUT2D eigenvalue weighted by Gasteiger charge is 2.22. The van der Waals surface area contributed by atoms with E-state index in [4.69, 9.17) is 9.47 Å². The fourth-order valence-electron chi connectivity index (χ4n) is 2.64. The van der Waals surface area contributed by atoms with E-state index >= 15 is 0 Å². The molecule has 3 rings (SSSR count). The monoisotopic (exact) mass is 276 g/mol. The molecular formula is C15H20N2O3. The van der Waals surface area contributed by atoms with E-state index in [1.54, 1.807) is 0 Å². The molecule has 0 amide bonds. The standard InChI is InChI=1S/C15H20N2O3/c1-11-7-14-15(20-10-19-14)8-12(11)13(18)9-17-5-3-16(2)4-6-17/h7-8H,3-6,9-10H2,1-2H3. The lowest BCUT2D eigenvalue weighted by Crippen LogP contribution is -2.46. The van der Waals surface area contributed by atoms with Crippen LogP contribution in [0.3, 0.4) is 0 Å². The summed E-state index contributed by atoms with van der Waals surface area (Å²) in [5.74, 6) is 1.57. The molecule has 1 aromatic rings. The van der Waals surface area contributed by atoms with Gasteiger partial charge in [0.05, 0.1) is 6.54 Å². The SMILES string of the molecule is Cc1cc2c(cc1C(=O)CN1CCN(C)CC1)OCO2. The Labute approximate surface area is 119 Å². The Morgan fingerprint density at radius 1 is 1.15 bits per heavy atom. The van der Waals surface area contributed by atoms with Crippen LogP contribution in [0.15, 0.2) is 12.1 Å². The molecule has 1 fully saturated rings. The smallest absolute Gasteiger partial charge is 0.231 e. The van der Waals surface area contributed by atoms with Gasteiger partial charge >= 0.3 is 0 Å². The van der Waals surface area contributed by atoms with Crippen LogP contribution >= 0.6 is 0 Å². The lowest BCUT2D eigenvalue weighted by atomic mass is 10.0. The number of Topliss-reactive ketones (excluding diaryl/α,β-unsaturated/α-hetero) is 1. The summed E-state index contributed by atoms with van der Waals surface area (Å²) >= 11 is 0. The van der Waals surface area contributed by atoms with Gasteiger partial charge in [0.15, 0.2) is 17.3 Å². The molecule has 20 heavy (non-hydrogen) atoms. The van der Waals surface area contributed by atoms with Crippen molar-refractivity contribution in [3.63, 3.8) is 0 Å². The molecule has 1 aromatic carbocycles. The summed E-state index contributed by atoms with van der Waals surface area (Å²) in [6.45, 7) is 6.61. The van der Waals surface area contributed by atoms with Gasteiger partial charge in [-0.1, -0.05) is 0 Å². The summed E-state index contributed by atoms with van der Waals surface area (Å²) < 4.78 is 10.7. The Balaban J connectivity index is 1.71. The Bertz CT molecular complexity index is 522. The van der Waals surface area contributed by atoms with Crippen molar-refractivity contribution in [2.24, 2.45) is 0 Å². The Hall–Kier alpha value is -1.59. The third kappa shape index (κ3) is 2.64. The van der Waals surface area contributed by atoms with Gasteiger partial charge in [-0.2, -0.15) is 0 Å². The van der Waals surface area contributed by atoms with Gasteiger partial charge in [0.25, 0.3) is 0 Å². The maximum absolute atomic E-state index is 12.5. The molecule has 108 valence electrons. The summed E-state index contributed by atoms with van der Waals surface area (Å²) in [7, 11) is 2.11. The molecule has 5 nitrogen and oxygen atoms in total. The van der Waals surface area contributed by atoms with E-state index < -0.39 is 0 Å². The molecule has 0 atom stereocenters. The number of carbonyl (C=O) groups is 1.